The smallest absolute Gasteiger partial charge is 0.254 e. The molecule has 142 valence electrons. The van der Waals surface area contributed by atoms with Crippen molar-refractivity contribution < 1.29 is 13.9 Å². The van der Waals surface area contributed by atoms with Gasteiger partial charge in [0.05, 0.1) is 11.2 Å². The van der Waals surface area contributed by atoms with E-state index >= 15 is 0 Å². The number of rotatable bonds is 5. The summed E-state index contributed by atoms with van der Waals surface area (Å²) in [7, 11) is 0. The van der Waals surface area contributed by atoms with Crippen molar-refractivity contribution in [1.29, 1.82) is 0 Å². The number of benzene rings is 2. The molecule has 0 aliphatic carbocycles. The van der Waals surface area contributed by atoms with Crippen molar-refractivity contribution in [1.82, 2.24) is 9.88 Å². The molecule has 2 aromatic carbocycles. The Morgan fingerprint density at radius 2 is 1.93 bits per heavy atom. The van der Waals surface area contributed by atoms with Gasteiger partial charge in [-0.3, -0.25) is 4.79 Å². The van der Waals surface area contributed by atoms with Crippen LogP contribution < -0.4 is 4.74 Å². The van der Waals surface area contributed by atoms with E-state index in [0.29, 0.717) is 31.0 Å². The van der Waals surface area contributed by atoms with Crippen LogP contribution in [-0.2, 0) is 6.61 Å². The van der Waals surface area contributed by atoms with Gasteiger partial charge >= 0.3 is 0 Å². The summed E-state index contributed by atoms with van der Waals surface area (Å²) in [5, 5.41) is 1.95. The zero-order valence-corrected chi connectivity index (χ0v) is 16.0. The Labute approximate surface area is 166 Å². The highest BCUT2D eigenvalue weighted by molar-refractivity contribution is 7.07. The molecule has 4 rings (SSSR count). The Balaban J connectivity index is 1.36. The molecule has 0 unspecified atom stereocenters. The molecule has 1 aliphatic rings. The molecule has 1 aromatic heterocycles. The highest BCUT2D eigenvalue weighted by atomic mass is 32.1. The summed E-state index contributed by atoms with van der Waals surface area (Å²) in [6.07, 6.45) is 2.80. The summed E-state index contributed by atoms with van der Waals surface area (Å²) in [6, 6.07) is 13.7. The number of nitrogens with zero attached hydrogens (tertiary/aromatic N) is 2. The Hall–Kier alpha value is -2.99. The van der Waals surface area contributed by atoms with Crippen molar-refractivity contribution in [3.8, 4) is 5.75 Å². The monoisotopic (exact) mass is 394 g/mol. The van der Waals surface area contributed by atoms with Crippen LogP contribution in [0.4, 0.5) is 4.39 Å². The molecule has 1 aliphatic heterocycles. The van der Waals surface area contributed by atoms with Gasteiger partial charge in [0.1, 0.15) is 18.2 Å². The number of hydrogen-bond acceptors (Lipinski definition) is 4. The van der Waals surface area contributed by atoms with E-state index in [2.05, 4.69) is 4.98 Å². The van der Waals surface area contributed by atoms with Crippen molar-refractivity contribution in [2.75, 3.05) is 13.1 Å². The lowest BCUT2D eigenvalue weighted by Gasteiger charge is -2.27. The highest BCUT2D eigenvalue weighted by Gasteiger charge is 2.19. The van der Waals surface area contributed by atoms with E-state index in [1.165, 1.54) is 23.5 Å². The van der Waals surface area contributed by atoms with Crippen LogP contribution in [0.5, 0.6) is 5.75 Å². The first-order valence-corrected chi connectivity index (χ1v) is 9.97. The maximum Gasteiger partial charge on any atom is 0.254 e. The largest absolute Gasteiger partial charge is 0.487 e. The topological polar surface area (TPSA) is 42.4 Å². The minimum atomic E-state index is -0.240. The molecular formula is C22H19FN2O2S. The number of thiazole rings is 1. The summed E-state index contributed by atoms with van der Waals surface area (Å²) in [5.74, 6) is 0.470. The minimum Gasteiger partial charge on any atom is -0.487 e. The molecular weight excluding hydrogens is 375 g/mol. The molecule has 4 nitrogen and oxygen atoms in total. The number of carbonyl (C=O) groups excluding carboxylic acids is 1. The van der Waals surface area contributed by atoms with Gasteiger partial charge in [-0.1, -0.05) is 18.2 Å². The van der Waals surface area contributed by atoms with Crippen molar-refractivity contribution >= 4 is 22.8 Å². The third-order valence-corrected chi connectivity index (χ3v) is 5.32. The maximum absolute atomic E-state index is 13.1. The highest BCUT2D eigenvalue weighted by Crippen LogP contribution is 2.24. The lowest BCUT2D eigenvalue weighted by Crippen LogP contribution is -2.34. The first-order chi connectivity index (χ1) is 13.7. The summed E-state index contributed by atoms with van der Waals surface area (Å²) >= 11 is 1.53. The molecule has 0 spiro atoms. The first-order valence-electron chi connectivity index (χ1n) is 9.03. The van der Waals surface area contributed by atoms with E-state index in [0.717, 1.165) is 23.3 Å². The Kier molecular flexibility index (Phi) is 5.48. The Morgan fingerprint density at radius 1 is 1.14 bits per heavy atom. The zero-order chi connectivity index (χ0) is 19.3. The summed E-state index contributed by atoms with van der Waals surface area (Å²) in [4.78, 5) is 18.7. The predicted octanol–water partition coefficient (Wildman–Crippen LogP) is 4.79. The van der Waals surface area contributed by atoms with Gasteiger partial charge < -0.3 is 9.64 Å². The second-order valence-electron chi connectivity index (χ2n) is 6.53. The average molecular weight is 394 g/mol. The van der Waals surface area contributed by atoms with E-state index in [9.17, 15) is 9.18 Å². The van der Waals surface area contributed by atoms with Crippen molar-refractivity contribution in [2.24, 2.45) is 0 Å². The molecule has 6 heteroatoms. The normalized spacial score (nSPS) is 13.9. The molecule has 0 atom stereocenters. The van der Waals surface area contributed by atoms with E-state index in [1.54, 1.807) is 29.8 Å². The molecule has 0 saturated heterocycles. The van der Waals surface area contributed by atoms with Crippen LogP contribution in [0.2, 0.25) is 0 Å². The van der Waals surface area contributed by atoms with E-state index in [4.69, 9.17) is 4.74 Å². The number of aromatic nitrogens is 1. The number of hydrogen-bond donors (Lipinski definition) is 0. The summed E-state index contributed by atoms with van der Waals surface area (Å²) in [6.45, 7) is 1.61. The van der Waals surface area contributed by atoms with Crippen molar-refractivity contribution in [3.05, 3.63) is 88.1 Å². The Bertz CT molecular complexity index is 967. The fraction of sp³-hybridized carbons (Fsp3) is 0.182. The lowest BCUT2D eigenvalue weighted by molar-refractivity contribution is 0.0773. The van der Waals surface area contributed by atoms with Gasteiger partial charge in [-0.05, 0) is 54.0 Å². The van der Waals surface area contributed by atoms with Crippen LogP contribution in [0.3, 0.4) is 0 Å². The number of amides is 1. The number of ether oxygens (including phenoxy) is 1. The van der Waals surface area contributed by atoms with Gasteiger partial charge in [0.15, 0.2) is 0 Å². The average Bonchev–Trinajstić information content (AvgIpc) is 3.27. The summed E-state index contributed by atoms with van der Waals surface area (Å²) in [5.41, 5.74) is 5.46. The lowest BCUT2D eigenvalue weighted by atomic mass is 9.99. The second kappa shape index (κ2) is 8.35. The standard InChI is InChI=1S/C22H19FN2O2S/c23-19-5-1-16(2-6-19)17-9-11-25(12-10-17)22(26)18-3-7-21(8-4-18)27-13-20-14-28-15-24-20/h1-9,14-15H,10-13H2. The van der Waals surface area contributed by atoms with Crippen LogP contribution in [0.25, 0.3) is 5.57 Å². The van der Waals surface area contributed by atoms with Gasteiger partial charge in [-0.15, -0.1) is 11.3 Å². The van der Waals surface area contributed by atoms with Gasteiger partial charge in [-0.25, -0.2) is 9.37 Å². The van der Waals surface area contributed by atoms with E-state index in [-0.39, 0.29) is 11.7 Å². The zero-order valence-electron chi connectivity index (χ0n) is 15.2. The third kappa shape index (κ3) is 4.28. The van der Waals surface area contributed by atoms with Gasteiger partial charge in [-0.2, -0.15) is 0 Å². The number of halogens is 1. The van der Waals surface area contributed by atoms with Crippen LogP contribution in [0, 0.1) is 5.82 Å². The molecule has 0 radical (unpaired) electrons. The van der Waals surface area contributed by atoms with Crippen molar-refractivity contribution in [2.45, 2.75) is 13.0 Å². The van der Waals surface area contributed by atoms with Crippen molar-refractivity contribution in [3.63, 3.8) is 0 Å². The number of carbonyl (C=O) groups is 1. The minimum absolute atomic E-state index is 0.000423. The van der Waals surface area contributed by atoms with Crippen LogP contribution in [0.15, 0.2) is 65.5 Å². The molecule has 28 heavy (non-hydrogen) atoms. The Morgan fingerprint density at radius 3 is 2.57 bits per heavy atom. The van der Waals surface area contributed by atoms with Crippen LogP contribution >= 0.6 is 11.3 Å². The second-order valence-corrected chi connectivity index (χ2v) is 7.25. The fourth-order valence-corrected chi connectivity index (χ4v) is 3.67. The molecule has 0 bridgehead atoms. The molecule has 3 aromatic rings. The quantitative estimate of drug-likeness (QED) is 0.625. The molecule has 0 N–H and O–H groups in total. The van der Waals surface area contributed by atoms with Gasteiger partial charge in [0.2, 0.25) is 0 Å². The molecule has 0 saturated carbocycles. The predicted molar refractivity (Wildman–Crippen MR) is 108 cm³/mol. The first kappa shape index (κ1) is 18.4. The fourth-order valence-electron chi connectivity index (χ4n) is 3.12. The third-order valence-electron chi connectivity index (χ3n) is 4.68. The van der Waals surface area contributed by atoms with Crippen LogP contribution in [0.1, 0.15) is 28.0 Å². The molecule has 2 heterocycles. The van der Waals surface area contributed by atoms with Crippen LogP contribution in [-0.4, -0.2) is 28.9 Å². The van der Waals surface area contributed by atoms with Gasteiger partial charge in [0, 0.05) is 24.0 Å². The van der Waals surface area contributed by atoms with Gasteiger partial charge in [0.25, 0.3) is 5.91 Å². The SMILES string of the molecule is O=C(c1ccc(OCc2cscn2)cc1)N1CC=C(c2ccc(F)cc2)CC1. The van der Waals surface area contributed by atoms with E-state index in [1.807, 2.05) is 28.5 Å². The van der Waals surface area contributed by atoms with E-state index < -0.39 is 0 Å². The summed E-state index contributed by atoms with van der Waals surface area (Å²) < 4.78 is 18.8. The maximum atomic E-state index is 13.1. The molecule has 1 amide bonds. The molecule has 0 fully saturated rings.